The summed E-state index contributed by atoms with van der Waals surface area (Å²) < 4.78 is 14.3. The van der Waals surface area contributed by atoms with Crippen LogP contribution in [0.2, 0.25) is 0 Å². The standard InChI is InChI=1S/C35H46FN3O2S/c1-5-31-34(42-32(37-31)18-24-10-7-6-8-11-24)25-14-16-39(17-15-25)22-27-20-29(38(4)33(23(2)3)35(40)41)21-30(27)26-12-9-13-28(36)19-26/h6-13,19,23,25,27,29-30,33H,5,14-18,20-22H2,1-4H3,(H,40,41)/t27?,29?,30?,33-/m1/s1. The summed E-state index contributed by atoms with van der Waals surface area (Å²) in [6.45, 7) is 9.25. The SMILES string of the molecule is CCc1nc(Cc2ccccc2)sc1C1CCN(CC2CC(N(C)[C@@H](C(=O)O)C(C)C)CC2c2cccc(F)c2)CC1. The zero-order valence-corrected chi connectivity index (χ0v) is 26.3. The molecule has 0 bridgehead atoms. The van der Waals surface area contributed by atoms with Gasteiger partial charge in [0.15, 0.2) is 0 Å². The number of aryl methyl sites for hydroxylation is 1. The van der Waals surface area contributed by atoms with Gasteiger partial charge >= 0.3 is 5.97 Å². The van der Waals surface area contributed by atoms with Crippen molar-refractivity contribution in [1.29, 1.82) is 0 Å². The van der Waals surface area contributed by atoms with Gasteiger partial charge in [0.25, 0.3) is 0 Å². The minimum atomic E-state index is -0.762. The van der Waals surface area contributed by atoms with Crippen LogP contribution in [-0.2, 0) is 17.6 Å². The predicted molar refractivity (Wildman–Crippen MR) is 169 cm³/mol. The second kappa shape index (κ2) is 13.8. The summed E-state index contributed by atoms with van der Waals surface area (Å²) >= 11 is 1.91. The van der Waals surface area contributed by atoms with E-state index in [4.69, 9.17) is 4.98 Å². The van der Waals surface area contributed by atoms with Gasteiger partial charge in [0.1, 0.15) is 11.9 Å². The van der Waals surface area contributed by atoms with E-state index in [9.17, 15) is 14.3 Å². The Hall–Kier alpha value is -2.61. The third-order valence-corrected chi connectivity index (χ3v) is 10.9. The Bertz CT molecular complexity index is 1320. The van der Waals surface area contributed by atoms with Crippen LogP contribution in [0.15, 0.2) is 54.6 Å². The summed E-state index contributed by atoms with van der Waals surface area (Å²) in [5.74, 6) is 0.207. The van der Waals surface area contributed by atoms with Crippen molar-refractivity contribution >= 4 is 17.3 Å². The average Bonchev–Trinajstić information content (AvgIpc) is 3.58. The summed E-state index contributed by atoms with van der Waals surface area (Å²) in [5, 5.41) is 11.2. The van der Waals surface area contributed by atoms with Crippen LogP contribution in [-0.4, -0.2) is 64.6 Å². The van der Waals surface area contributed by atoms with Crippen molar-refractivity contribution < 1.29 is 14.3 Å². The predicted octanol–water partition coefficient (Wildman–Crippen LogP) is 7.22. The monoisotopic (exact) mass is 591 g/mol. The van der Waals surface area contributed by atoms with Crippen LogP contribution in [0.3, 0.4) is 0 Å². The lowest BCUT2D eigenvalue weighted by Gasteiger charge is -2.35. The van der Waals surface area contributed by atoms with E-state index in [1.54, 1.807) is 6.07 Å². The first-order valence-electron chi connectivity index (χ1n) is 15.7. The summed E-state index contributed by atoms with van der Waals surface area (Å²) in [6.07, 6.45) is 5.94. The molecule has 1 saturated heterocycles. The number of carboxylic acid groups (broad SMARTS) is 1. The molecule has 3 aromatic rings. The Labute approximate surface area is 254 Å². The maximum atomic E-state index is 14.3. The maximum Gasteiger partial charge on any atom is 0.321 e. The van der Waals surface area contributed by atoms with Gasteiger partial charge in [-0.1, -0.05) is 63.2 Å². The molecule has 0 spiro atoms. The van der Waals surface area contributed by atoms with Gasteiger partial charge in [0, 0.05) is 23.9 Å². The molecule has 7 heteroatoms. The first kappa shape index (κ1) is 30.8. The third kappa shape index (κ3) is 7.12. The molecule has 1 saturated carbocycles. The number of benzene rings is 2. The number of hydrogen-bond donors (Lipinski definition) is 1. The largest absolute Gasteiger partial charge is 0.480 e. The van der Waals surface area contributed by atoms with E-state index >= 15 is 0 Å². The zero-order chi connectivity index (χ0) is 29.8. The van der Waals surface area contributed by atoms with E-state index in [2.05, 4.69) is 53.1 Å². The van der Waals surface area contributed by atoms with Gasteiger partial charge in [-0.3, -0.25) is 9.69 Å². The van der Waals surface area contributed by atoms with Crippen molar-refractivity contribution in [3.05, 3.63) is 87.1 Å². The molecule has 42 heavy (non-hydrogen) atoms. The summed E-state index contributed by atoms with van der Waals surface area (Å²) in [7, 11) is 1.96. The molecule has 5 rings (SSSR count). The maximum absolute atomic E-state index is 14.3. The number of likely N-dealkylation sites (N-methyl/N-ethyl adjacent to an activating group) is 1. The fraction of sp³-hybridized carbons (Fsp3) is 0.543. The van der Waals surface area contributed by atoms with Crippen LogP contribution in [0, 0.1) is 17.7 Å². The van der Waals surface area contributed by atoms with E-state index in [1.165, 1.54) is 27.2 Å². The third-order valence-electron chi connectivity index (χ3n) is 9.60. The second-order valence-corrected chi connectivity index (χ2v) is 13.9. The van der Waals surface area contributed by atoms with Crippen molar-refractivity contribution in [3.8, 4) is 0 Å². The smallest absolute Gasteiger partial charge is 0.321 e. The fourth-order valence-corrected chi connectivity index (χ4v) is 8.83. The highest BCUT2D eigenvalue weighted by atomic mass is 32.1. The van der Waals surface area contributed by atoms with Crippen LogP contribution in [0.25, 0.3) is 0 Å². The molecular weight excluding hydrogens is 545 g/mol. The molecule has 1 aliphatic heterocycles. The topological polar surface area (TPSA) is 56.7 Å². The molecule has 0 radical (unpaired) electrons. The number of piperidine rings is 1. The van der Waals surface area contributed by atoms with E-state index in [0.29, 0.717) is 11.8 Å². The number of halogens is 1. The average molecular weight is 592 g/mol. The number of hydrogen-bond acceptors (Lipinski definition) is 5. The Morgan fingerprint density at radius 3 is 2.50 bits per heavy atom. The van der Waals surface area contributed by atoms with Gasteiger partial charge in [-0.25, -0.2) is 9.37 Å². The van der Waals surface area contributed by atoms with Crippen LogP contribution < -0.4 is 0 Å². The first-order valence-corrected chi connectivity index (χ1v) is 16.5. The van der Waals surface area contributed by atoms with Crippen LogP contribution >= 0.6 is 11.3 Å². The molecule has 4 atom stereocenters. The number of nitrogens with zero attached hydrogens (tertiary/aromatic N) is 3. The Morgan fingerprint density at radius 1 is 1.12 bits per heavy atom. The Kier molecular flexibility index (Phi) is 10.1. The molecule has 2 heterocycles. The number of aromatic nitrogens is 1. The molecule has 2 fully saturated rings. The van der Waals surface area contributed by atoms with Gasteiger partial charge in [-0.15, -0.1) is 11.3 Å². The van der Waals surface area contributed by atoms with Gasteiger partial charge in [-0.2, -0.15) is 0 Å². The van der Waals surface area contributed by atoms with Gasteiger partial charge in [-0.05, 0) is 99.2 Å². The highest BCUT2D eigenvalue weighted by Gasteiger charge is 2.42. The molecule has 1 N–H and O–H groups in total. The number of aliphatic carboxylic acids is 1. The molecule has 1 aromatic heterocycles. The number of carboxylic acids is 1. The summed E-state index contributed by atoms with van der Waals surface area (Å²) in [4.78, 5) is 23.3. The number of rotatable bonds is 11. The lowest BCUT2D eigenvalue weighted by molar-refractivity contribution is -0.145. The van der Waals surface area contributed by atoms with Crippen molar-refractivity contribution in [1.82, 2.24) is 14.8 Å². The number of thiazole rings is 1. The quantitative estimate of drug-likeness (QED) is 0.255. The van der Waals surface area contributed by atoms with Crippen molar-refractivity contribution in [2.75, 3.05) is 26.7 Å². The zero-order valence-electron chi connectivity index (χ0n) is 25.5. The number of likely N-dealkylation sites (tertiary alicyclic amines) is 1. The summed E-state index contributed by atoms with van der Waals surface area (Å²) in [5.41, 5.74) is 3.63. The molecule has 2 aliphatic rings. The number of carbonyl (C=O) groups is 1. The minimum Gasteiger partial charge on any atom is -0.480 e. The highest BCUT2D eigenvalue weighted by molar-refractivity contribution is 7.11. The molecule has 3 unspecified atom stereocenters. The normalized spacial score (nSPS) is 22.7. The minimum absolute atomic E-state index is 0.0196. The summed E-state index contributed by atoms with van der Waals surface area (Å²) in [6, 6.07) is 17.3. The molecular formula is C35H46FN3O2S. The van der Waals surface area contributed by atoms with E-state index in [0.717, 1.165) is 63.7 Å². The van der Waals surface area contributed by atoms with Crippen LogP contribution in [0.5, 0.6) is 0 Å². The van der Waals surface area contributed by atoms with E-state index < -0.39 is 12.0 Å². The molecule has 0 amide bonds. The highest BCUT2D eigenvalue weighted by Crippen LogP contribution is 2.44. The van der Waals surface area contributed by atoms with Gasteiger partial charge in [0.2, 0.25) is 0 Å². The lowest BCUT2D eigenvalue weighted by atomic mass is 9.87. The van der Waals surface area contributed by atoms with Crippen LogP contribution in [0.1, 0.15) is 85.0 Å². The first-order chi connectivity index (χ1) is 20.2. The molecule has 226 valence electrons. The fourth-order valence-electron chi connectivity index (χ4n) is 7.47. The van der Waals surface area contributed by atoms with E-state index in [1.807, 2.05) is 38.3 Å². The van der Waals surface area contributed by atoms with Crippen molar-refractivity contribution in [3.63, 3.8) is 0 Å². The van der Waals surface area contributed by atoms with Gasteiger partial charge < -0.3 is 10.0 Å². The Morgan fingerprint density at radius 2 is 1.86 bits per heavy atom. The molecule has 1 aliphatic carbocycles. The van der Waals surface area contributed by atoms with Crippen molar-refractivity contribution in [2.24, 2.45) is 11.8 Å². The second-order valence-electron chi connectivity index (χ2n) is 12.7. The van der Waals surface area contributed by atoms with E-state index in [-0.39, 0.29) is 23.7 Å². The molecule has 2 aromatic carbocycles. The van der Waals surface area contributed by atoms with Gasteiger partial charge in [0.05, 0.1) is 10.7 Å². The van der Waals surface area contributed by atoms with Crippen molar-refractivity contribution in [2.45, 2.75) is 83.2 Å². The Balaban J connectivity index is 1.26. The van der Waals surface area contributed by atoms with Crippen LogP contribution in [0.4, 0.5) is 4.39 Å². The lowest BCUT2D eigenvalue weighted by Crippen LogP contribution is -2.47. The molecule has 5 nitrogen and oxygen atoms in total.